The van der Waals surface area contributed by atoms with Crippen molar-refractivity contribution in [3.8, 4) is 16.6 Å². The summed E-state index contributed by atoms with van der Waals surface area (Å²) >= 11 is 1.22. The number of aromatic nitrogens is 3. The number of carbonyl (C=O) groups excluding carboxylic acids is 2. The van der Waals surface area contributed by atoms with Gasteiger partial charge in [0.2, 0.25) is 0 Å². The normalized spacial score (nSPS) is 14.9. The van der Waals surface area contributed by atoms with Crippen molar-refractivity contribution in [3.05, 3.63) is 95.3 Å². The van der Waals surface area contributed by atoms with Gasteiger partial charge in [0.25, 0.3) is 5.91 Å². The van der Waals surface area contributed by atoms with Crippen LogP contribution in [0.1, 0.15) is 34.1 Å². The van der Waals surface area contributed by atoms with Crippen LogP contribution in [0.25, 0.3) is 10.8 Å². The van der Waals surface area contributed by atoms with Crippen LogP contribution in [0.4, 0.5) is 0 Å². The Morgan fingerprint density at radius 3 is 2.50 bits per heavy atom. The maximum absolute atomic E-state index is 13.2. The summed E-state index contributed by atoms with van der Waals surface area (Å²) in [5.74, 6) is 0.00211. The number of hydrogen-bond acceptors (Lipinski definition) is 9. The van der Waals surface area contributed by atoms with Crippen molar-refractivity contribution >= 4 is 28.9 Å². The average molecular weight is 500 g/mol. The quantitative estimate of drug-likeness (QED) is 0.352. The van der Waals surface area contributed by atoms with E-state index in [2.05, 4.69) is 20.1 Å². The second kappa shape index (κ2) is 10.4. The first-order chi connectivity index (χ1) is 17.6. The Hall–Kier alpha value is -4.44. The number of methoxy groups -OCH3 is 1. The second-order valence-corrected chi connectivity index (χ2v) is 8.69. The Bertz CT molecular complexity index is 1390. The number of nitrogens with zero attached hydrogens (tertiary/aromatic N) is 5. The van der Waals surface area contributed by atoms with Gasteiger partial charge in [-0.1, -0.05) is 42.5 Å². The van der Waals surface area contributed by atoms with Gasteiger partial charge in [-0.25, -0.2) is 24.8 Å². The molecule has 2 aromatic carbocycles. The standard InChI is InChI=1S/C26H21N5O4S/c1-34-19-10-8-18(9-11-19)22-14-20(17-6-3-2-4-7-17)30-31(22)23(32)15-35-26(33)21-16-36-25(29-21)24-27-12-5-13-28-24/h2-13,16,22H,14-15H2,1H3. The highest BCUT2D eigenvalue weighted by Crippen LogP contribution is 2.33. The van der Waals surface area contributed by atoms with Crippen molar-refractivity contribution in [1.82, 2.24) is 20.0 Å². The van der Waals surface area contributed by atoms with E-state index in [-0.39, 0.29) is 11.7 Å². The van der Waals surface area contributed by atoms with Crippen LogP contribution in [0.15, 0.2) is 83.5 Å². The molecule has 36 heavy (non-hydrogen) atoms. The molecule has 4 aromatic rings. The van der Waals surface area contributed by atoms with Crippen LogP contribution in [0.5, 0.6) is 5.75 Å². The number of ether oxygens (including phenoxy) is 2. The lowest BCUT2D eigenvalue weighted by Crippen LogP contribution is -2.31. The average Bonchev–Trinajstić information content (AvgIpc) is 3.61. The minimum atomic E-state index is -0.700. The van der Waals surface area contributed by atoms with Crippen molar-refractivity contribution in [2.24, 2.45) is 5.10 Å². The van der Waals surface area contributed by atoms with Crippen molar-refractivity contribution in [2.45, 2.75) is 12.5 Å². The van der Waals surface area contributed by atoms with E-state index in [9.17, 15) is 9.59 Å². The third kappa shape index (κ3) is 4.98. The molecule has 0 aliphatic carbocycles. The lowest BCUT2D eigenvalue weighted by Gasteiger charge is -2.22. The molecule has 0 spiro atoms. The summed E-state index contributed by atoms with van der Waals surface area (Å²) in [6.07, 6.45) is 3.72. The van der Waals surface area contributed by atoms with Gasteiger partial charge in [-0.05, 0) is 29.3 Å². The van der Waals surface area contributed by atoms with Crippen LogP contribution >= 0.6 is 11.3 Å². The van der Waals surface area contributed by atoms with E-state index < -0.39 is 18.5 Å². The summed E-state index contributed by atoms with van der Waals surface area (Å²) in [6, 6.07) is 18.5. The predicted molar refractivity (Wildman–Crippen MR) is 134 cm³/mol. The molecule has 0 saturated heterocycles. The van der Waals surface area contributed by atoms with Crippen LogP contribution in [0.2, 0.25) is 0 Å². The Morgan fingerprint density at radius 2 is 1.78 bits per heavy atom. The van der Waals surface area contributed by atoms with Crippen LogP contribution < -0.4 is 4.74 Å². The Morgan fingerprint density at radius 1 is 1.03 bits per heavy atom. The van der Waals surface area contributed by atoms with Crippen molar-refractivity contribution in [2.75, 3.05) is 13.7 Å². The first-order valence-corrected chi connectivity index (χ1v) is 12.0. The maximum atomic E-state index is 13.2. The smallest absolute Gasteiger partial charge is 0.358 e. The van der Waals surface area contributed by atoms with E-state index in [0.717, 1.165) is 22.6 Å². The van der Waals surface area contributed by atoms with E-state index in [1.807, 2.05) is 54.6 Å². The Labute approximate surface area is 211 Å². The van der Waals surface area contributed by atoms with Gasteiger partial charge in [0.1, 0.15) is 5.75 Å². The zero-order valence-corrected chi connectivity index (χ0v) is 20.1. The number of esters is 1. The minimum absolute atomic E-state index is 0.0943. The van der Waals surface area contributed by atoms with Crippen LogP contribution in [0.3, 0.4) is 0 Å². The van der Waals surface area contributed by atoms with Crippen molar-refractivity contribution in [1.29, 1.82) is 0 Å². The number of hydrogen-bond donors (Lipinski definition) is 0. The first kappa shape index (κ1) is 23.3. The molecule has 0 bridgehead atoms. The van der Waals surface area contributed by atoms with E-state index >= 15 is 0 Å². The number of thiazole rings is 1. The van der Waals surface area contributed by atoms with E-state index in [4.69, 9.17) is 9.47 Å². The molecule has 0 fully saturated rings. The summed E-state index contributed by atoms with van der Waals surface area (Å²) in [5, 5.41) is 8.04. The molecule has 5 rings (SSSR count). The predicted octanol–water partition coefficient (Wildman–Crippen LogP) is 4.14. The fraction of sp³-hybridized carbons (Fsp3) is 0.154. The zero-order chi connectivity index (χ0) is 24.9. The first-order valence-electron chi connectivity index (χ1n) is 11.1. The molecule has 1 atom stereocenters. The van der Waals surface area contributed by atoms with Crippen molar-refractivity contribution < 1.29 is 19.1 Å². The van der Waals surface area contributed by atoms with Gasteiger partial charge >= 0.3 is 5.97 Å². The molecule has 10 heteroatoms. The van der Waals surface area contributed by atoms with Gasteiger partial charge < -0.3 is 9.47 Å². The number of hydrazone groups is 1. The molecule has 1 aliphatic rings. The maximum Gasteiger partial charge on any atom is 0.358 e. The van der Waals surface area contributed by atoms with Gasteiger partial charge in [0.15, 0.2) is 23.1 Å². The van der Waals surface area contributed by atoms with Gasteiger partial charge in [-0.2, -0.15) is 5.10 Å². The molecular formula is C26H21N5O4S. The third-order valence-corrected chi connectivity index (χ3v) is 6.41. The summed E-state index contributed by atoms with van der Waals surface area (Å²) in [6.45, 7) is -0.467. The lowest BCUT2D eigenvalue weighted by atomic mass is 9.98. The number of rotatable bonds is 7. The van der Waals surface area contributed by atoms with E-state index in [1.165, 1.54) is 16.3 Å². The SMILES string of the molecule is COc1ccc(C2CC(c3ccccc3)=NN2C(=O)COC(=O)c2csc(-c3ncccn3)n2)cc1. The Kier molecular flexibility index (Phi) is 6.76. The summed E-state index contributed by atoms with van der Waals surface area (Å²) in [7, 11) is 1.60. The number of carbonyl (C=O) groups is 2. The summed E-state index contributed by atoms with van der Waals surface area (Å²) in [4.78, 5) is 38.2. The van der Waals surface area contributed by atoms with Crippen molar-refractivity contribution in [3.63, 3.8) is 0 Å². The second-order valence-electron chi connectivity index (χ2n) is 7.83. The molecule has 3 heterocycles. The highest BCUT2D eigenvalue weighted by Gasteiger charge is 2.33. The van der Waals surface area contributed by atoms with Crippen LogP contribution in [-0.2, 0) is 9.53 Å². The molecule has 0 radical (unpaired) electrons. The molecule has 180 valence electrons. The lowest BCUT2D eigenvalue weighted by molar-refractivity contribution is -0.136. The fourth-order valence-corrected chi connectivity index (χ4v) is 4.51. The minimum Gasteiger partial charge on any atom is -0.497 e. The molecular weight excluding hydrogens is 478 g/mol. The van der Waals surface area contributed by atoms with Gasteiger partial charge in [-0.3, -0.25) is 4.79 Å². The van der Waals surface area contributed by atoms with Crippen LogP contribution in [0, 0.1) is 0 Å². The summed E-state index contributed by atoms with van der Waals surface area (Å²) in [5.41, 5.74) is 2.71. The van der Waals surface area contributed by atoms with E-state index in [0.29, 0.717) is 17.3 Å². The van der Waals surface area contributed by atoms with Gasteiger partial charge in [0, 0.05) is 24.2 Å². The summed E-state index contributed by atoms with van der Waals surface area (Å²) < 4.78 is 10.6. The number of benzene rings is 2. The highest BCUT2D eigenvalue weighted by molar-refractivity contribution is 7.13. The molecule has 0 N–H and O–H groups in total. The fourth-order valence-electron chi connectivity index (χ4n) is 3.78. The Balaban J connectivity index is 1.31. The van der Waals surface area contributed by atoms with Crippen LogP contribution in [-0.4, -0.2) is 51.3 Å². The molecule has 0 saturated carbocycles. The highest BCUT2D eigenvalue weighted by atomic mass is 32.1. The molecule has 9 nitrogen and oxygen atoms in total. The van der Waals surface area contributed by atoms with Gasteiger partial charge in [-0.15, -0.1) is 11.3 Å². The molecule has 1 unspecified atom stereocenters. The largest absolute Gasteiger partial charge is 0.497 e. The molecule has 2 aromatic heterocycles. The monoisotopic (exact) mass is 499 g/mol. The van der Waals surface area contributed by atoms with Gasteiger partial charge in [0.05, 0.1) is 18.9 Å². The zero-order valence-electron chi connectivity index (χ0n) is 19.3. The molecule has 1 aliphatic heterocycles. The molecule has 1 amide bonds. The number of amides is 1. The van der Waals surface area contributed by atoms with E-state index in [1.54, 1.807) is 30.9 Å². The topological polar surface area (TPSA) is 107 Å². The third-order valence-electron chi connectivity index (χ3n) is 5.57.